The summed E-state index contributed by atoms with van der Waals surface area (Å²) >= 11 is 0. The van der Waals surface area contributed by atoms with Crippen molar-refractivity contribution < 1.29 is 29.0 Å². The number of nitrogens with zero attached hydrogens (tertiary/aromatic N) is 1. The number of nitrogens with one attached hydrogen (secondary N) is 5. The van der Waals surface area contributed by atoms with Crippen molar-refractivity contribution >= 4 is 67.7 Å². The van der Waals surface area contributed by atoms with Gasteiger partial charge in [-0.25, -0.2) is 9.59 Å². The first kappa shape index (κ1) is 59.9. The van der Waals surface area contributed by atoms with Gasteiger partial charge < -0.3 is 41.2 Å². The maximum atomic E-state index is 14.6. The summed E-state index contributed by atoms with van der Waals surface area (Å²) < 4.78 is 11.6. The third-order valence-electron chi connectivity index (χ3n) is 16.2. The number of carbonyl (C=O) groups excluding carboxylic acids is 3. The predicted molar refractivity (Wildman–Crippen MR) is 323 cm³/mol. The molecular formula is C66H96N6O6. The number of rotatable bonds is 37. The zero-order chi connectivity index (χ0) is 55.0. The van der Waals surface area contributed by atoms with Crippen LogP contribution in [-0.2, 0) is 14.3 Å². The number of alkyl carbamates (subject to hydrolysis) is 2. The highest BCUT2D eigenvalue weighted by molar-refractivity contribution is 6.52. The minimum absolute atomic E-state index is 0.000203. The Labute approximate surface area is 466 Å². The number of anilines is 3. The summed E-state index contributed by atoms with van der Waals surface area (Å²) in [5.74, 6) is -0.433. The molecule has 426 valence electrons. The Morgan fingerprint density at radius 3 is 1.44 bits per heavy atom. The van der Waals surface area contributed by atoms with E-state index in [-0.39, 0.29) is 35.9 Å². The predicted octanol–water partition coefficient (Wildman–Crippen LogP) is 16.2. The molecule has 2 amide bonds. The Bertz CT molecular complexity index is 2760. The van der Waals surface area contributed by atoms with Gasteiger partial charge in [0.15, 0.2) is 5.66 Å². The highest BCUT2D eigenvalue weighted by Crippen LogP contribution is 2.47. The van der Waals surface area contributed by atoms with Crippen molar-refractivity contribution in [3.63, 3.8) is 0 Å². The average Bonchev–Trinajstić information content (AvgIpc) is 3.62. The van der Waals surface area contributed by atoms with Gasteiger partial charge >= 0.3 is 12.2 Å². The normalized spacial score (nSPS) is 18.0. The lowest BCUT2D eigenvalue weighted by atomic mass is 9.80. The lowest BCUT2D eigenvalue weighted by molar-refractivity contribution is -0.109. The molecule has 7 rings (SSSR count). The molecule has 4 aromatic rings. The molecule has 6 N–H and O–H groups in total. The molecule has 0 saturated heterocycles. The molecule has 2 atom stereocenters. The first-order chi connectivity index (χ1) is 38.0. The third kappa shape index (κ3) is 17.1. The number of Topliss-reactive ketones (excluding diaryl/α,β-unsaturated/α-hetero) is 1. The maximum absolute atomic E-state index is 14.6. The molecule has 0 spiro atoms. The van der Waals surface area contributed by atoms with Crippen molar-refractivity contribution in [2.45, 2.75) is 232 Å². The highest BCUT2D eigenvalue weighted by Gasteiger charge is 2.41. The average molecular weight is 1070 g/mol. The van der Waals surface area contributed by atoms with Crippen molar-refractivity contribution in [1.29, 1.82) is 0 Å². The molecule has 0 fully saturated rings. The summed E-state index contributed by atoms with van der Waals surface area (Å²) in [6, 6.07) is 19.4. The summed E-state index contributed by atoms with van der Waals surface area (Å²) in [5, 5.41) is 33.1. The number of allylic oxidation sites excluding steroid dienone is 2. The molecular weight excluding hydrogens is 973 g/mol. The van der Waals surface area contributed by atoms with E-state index in [1.54, 1.807) is 0 Å². The Morgan fingerprint density at radius 1 is 0.513 bits per heavy atom. The maximum Gasteiger partial charge on any atom is 0.407 e. The molecule has 2 unspecified atom stereocenters. The number of ketones is 1. The summed E-state index contributed by atoms with van der Waals surface area (Å²) in [6.45, 7) is 9.38. The van der Waals surface area contributed by atoms with Gasteiger partial charge in [0.2, 0.25) is 5.78 Å². The van der Waals surface area contributed by atoms with Crippen LogP contribution in [0.1, 0.15) is 226 Å². The number of unbranched alkanes of at least 4 members (excludes halogenated alkanes) is 28. The lowest BCUT2D eigenvalue weighted by Gasteiger charge is -2.39. The van der Waals surface area contributed by atoms with Crippen LogP contribution in [0.5, 0.6) is 0 Å². The molecule has 12 nitrogen and oxygen atoms in total. The first-order valence-corrected chi connectivity index (χ1v) is 30.9. The number of hydrogen-bond donors (Lipinski definition) is 6. The molecule has 0 aromatic heterocycles. The fourth-order valence-corrected chi connectivity index (χ4v) is 11.7. The van der Waals surface area contributed by atoms with Crippen LogP contribution < -0.4 is 37.2 Å². The van der Waals surface area contributed by atoms with Gasteiger partial charge in [0.25, 0.3) is 0 Å². The number of hydrogen-bond acceptors (Lipinski definition) is 10. The van der Waals surface area contributed by atoms with Crippen LogP contribution >= 0.6 is 0 Å². The molecule has 12 heteroatoms. The fourth-order valence-electron chi connectivity index (χ4n) is 11.7. The van der Waals surface area contributed by atoms with Gasteiger partial charge in [0.1, 0.15) is 24.6 Å². The molecule has 1 aliphatic carbocycles. The van der Waals surface area contributed by atoms with E-state index < -0.39 is 23.5 Å². The lowest BCUT2D eigenvalue weighted by Crippen LogP contribution is -2.50. The third-order valence-corrected chi connectivity index (χ3v) is 16.2. The Balaban J connectivity index is 0.905. The van der Waals surface area contributed by atoms with Crippen LogP contribution in [0.15, 0.2) is 71.4 Å². The standard InChI is InChI=1S/C66H96N6O6/c1-5-7-9-11-13-15-17-19-21-23-25-27-29-31-33-45-67-63(75)77-47-65(3)69-53-39-35-37-49-41-43-51(59(71-65)55(49)53)57-61(73)58(62(57)74)52-44-42-50-38-36-40-54-56(50)60(52)72-66(4,70-54)48-78-64(76)68-46-34-32-30-28-26-24-22-20-18-16-14-12-10-8-6-2/h35-44,69-71,73H,5-34,45-48H2,1-4H3,(H,67,75)(H,68,76). The number of amides is 2. The van der Waals surface area contributed by atoms with E-state index in [4.69, 9.17) is 14.5 Å². The van der Waals surface area contributed by atoms with Crippen LogP contribution in [0.25, 0.3) is 32.7 Å². The first-order valence-electron chi connectivity index (χ1n) is 30.9. The van der Waals surface area contributed by atoms with E-state index in [0.29, 0.717) is 34.9 Å². The molecule has 2 heterocycles. The van der Waals surface area contributed by atoms with Crippen LogP contribution in [0.2, 0.25) is 0 Å². The fraction of sp³-hybridized carbons (Fsp3) is 0.606. The Morgan fingerprint density at radius 2 is 0.949 bits per heavy atom. The van der Waals surface area contributed by atoms with Gasteiger partial charge in [-0.3, -0.25) is 9.79 Å². The van der Waals surface area contributed by atoms with E-state index in [1.807, 2.05) is 74.5 Å². The van der Waals surface area contributed by atoms with Gasteiger partial charge in [0.05, 0.1) is 22.2 Å². The number of carbonyl (C=O) groups is 3. The second kappa shape index (κ2) is 31.1. The topological polar surface area (TPSA) is 162 Å². The monoisotopic (exact) mass is 1070 g/mol. The summed E-state index contributed by atoms with van der Waals surface area (Å²) in [7, 11) is 0. The largest absolute Gasteiger partial charge is 0.506 e. The minimum atomic E-state index is -1.05. The molecule has 4 aromatic carbocycles. The Hall–Kier alpha value is -5.78. The summed E-state index contributed by atoms with van der Waals surface area (Å²) in [5.41, 5.74) is 1.22. The van der Waals surface area contributed by atoms with Crippen molar-refractivity contribution in [3.8, 4) is 0 Å². The second-order valence-electron chi connectivity index (χ2n) is 23.2. The van der Waals surface area contributed by atoms with Gasteiger partial charge in [-0.2, -0.15) is 0 Å². The smallest absolute Gasteiger partial charge is 0.407 e. The van der Waals surface area contributed by atoms with E-state index in [2.05, 4.69) is 40.4 Å². The SMILES string of the molecule is CCCCCCCCCCCCCCCCCNC(=O)OCC1(C)N=c2c(=C3C(=O)C(c4ccc5cccc6c5c4NC(C)(COC(=O)NCCCCCCCCCCCCCCCCC)N6)=C3O)ccc3cccc(c23)N1. The molecule has 78 heavy (non-hydrogen) atoms. The van der Waals surface area contributed by atoms with E-state index in [9.17, 15) is 19.5 Å². The van der Waals surface area contributed by atoms with E-state index >= 15 is 0 Å². The zero-order valence-electron chi connectivity index (χ0n) is 48.3. The number of ether oxygens (including phenoxy) is 2. The molecule has 0 radical (unpaired) electrons. The number of aliphatic hydroxyl groups is 1. The van der Waals surface area contributed by atoms with E-state index in [1.165, 1.54) is 167 Å². The Kier molecular flexibility index (Phi) is 23.9. The quantitative estimate of drug-likeness (QED) is 0.0241. The van der Waals surface area contributed by atoms with Crippen molar-refractivity contribution in [3.05, 3.63) is 82.6 Å². The molecule has 0 bridgehead atoms. The van der Waals surface area contributed by atoms with E-state index in [0.717, 1.165) is 58.6 Å². The van der Waals surface area contributed by atoms with Gasteiger partial charge in [-0.1, -0.05) is 242 Å². The number of benzene rings is 4. The summed E-state index contributed by atoms with van der Waals surface area (Å²) in [6.07, 6.45) is 37.7. The van der Waals surface area contributed by atoms with Gasteiger partial charge in [-0.15, -0.1) is 0 Å². The van der Waals surface area contributed by atoms with Crippen LogP contribution in [0, 0.1) is 0 Å². The van der Waals surface area contributed by atoms with Crippen molar-refractivity contribution in [2.24, 2.45) is 4.99 Å². The van der Waals surface area contributed by atoms with Gasteiger partial charge in [-0.05, 0) is 49.6 Å². The summed E-state index contributed by atoms with van der Waals surface area (Å²) in [4.78, 5) is 45.7. The molecule has 2 aliphatic heterocycles. The van der Waals surface area contributed by atoms with Crippen LogP contribution in [0.4, 0.5) is 26.7 Å². The van der Waals surface area contributed by atoms with Crippen molar-refractivity contribution in [1.82, 2.24) is 10.6 Å². The minimum Gasteiger partial charge on any atom is -0.506 e. The highest BCUT2D eigenvalue weighted by atomic mass is 16.6. The van der Waals surface area contributed by atoms with Crippen LogP contribution in [0.3, 0.4) is 0 Å². The molecule has 3 aliphatic rings. The van der Waals surface area contributed by atoms with Crippen molar-refractivity contribution in [2.75, 3.05) is 42.3 Å². The second-order valence-corrected chi connectivity index (χ2v) is 23.2. The van der Waals surface area contributed by atoms with Gasteiger partial charge in [0, 0.05) is 46.0 Å². The van der Waals surface area contributed by atoms with Crippen LogP contribution in [-0.4, -0.2) is 60.7 Å². The molecule has 0 saturated carbocycles. The zero-order valence-corrected chi connectivity index (χ0v) is 48.3. The number of aliphatic hydroxyl groups excluding tert-OH is 1.